The minimum absolute atomic E-state index is 0.0575. The van der Waals surface area contributed by atoms with Crippen LogP contribution in [-0.2, 0) is 9.59 Å². The van der Waals surface area contributed by atoms with E-state index in [2.05, 4.69) is 16.4 Å². The van der Waals surface area contributed by atoms with Gasteiger partial charge in [0.15, 0.2) is 5.78 Å². The van der Waals surface area contributed by atoms with E-state index in [1.54, 1.807) is 18.2 Å². The summed E-state index contributed by atoms with van der Waals surface area (Å²) in [4.78, 5) is 41.1. The van der Waals surface area contributed by atoms with Gasteiger partial charge >= 0.3 is 0 Å². The number of fused-ring (bicyclic) bond motifs is 1. The van der Waals surface area contributed by atoms with Gasteiger partial charge in [0.05, 0.1) is 17.3 Å². The fraction of sp³-hybridized carbons (Fsp3) is 0.538. The Morgan fingerprint density at radius 1 is 1.30 bits per heavy atom. The highest BCUT2D eigenvalue weighted by atomic mass is 19.1. The lowest BCUT2D eigenvalue weighted by Gasteiger charge is -2.27. The number of carbonyl (C=O) groups excluding carboxylic acids is 3. The number of rotatable bonds is 8. The number of aromatic amines is 1. The predicted molar refractivity (Wildman–Crippen MR) is 124 cm³/mol. The van der Waals surface area contributed by atoms with Gasteiger partial charge in [0.1, 0.15) is 17.6 Å². The van der Waals surface area contributed by atoms with Gasteiger partial charge in [-0.15, -0.1) is 0 Å². The molecule has 1 fully saturated rings. The first-order chi connectivity index (χ1) is 15.6. The zero-order valence-corrected chi connectivity index (χ0v) is 19.5. The summed E-state index contributed by atoms with van der Waals surface area (Å²) >= 11 is 0. The third-order valence-corrected chi connectivity index (χ3v) is 6.24. The predicted octanol–water partition coefficient (Wildman–Crippen LogP) is 5.09. The van der Waals surface area contributed by atoms with Crippen LogP contribution in [-0.4, -0.2) is 28.5 Å². The Morgan fingerprint density at radius 3 is 2.70 bits per heavy atom. The number of hydrogen-bond acceptors (Lipinski definition) is 4. The van der Waals surface area contributed by atoms with E-state index < -0.39 is 17.8 Å². The van der Waals surface area contributed by atoms with Crippen LogP contribution in [0, 0.1) is 34.4 Å². The van der Waals surface area contributed by atoms with Crippen molar-refractivity contribution in [1.29, 1.82) is 5.26 Å². The van der Waals surface area contributed by atoms with Gasteiger partial charge in [0.25, 0.3) is 0 Å². The Morgan fingerprint density at radius 2 is 2.06 bits per heavy atom. The first kappa shape index (κ1) is 24.6. The summed E-state index contributed by atoms with van der Waals surface area (Å²) in [7, 11) is 0. The number of aromatic nitrogens is 1. The fourth-order valence-corrected chi connectivity index (χ4v) is 4.62. The van der Waals surface area contributed by atoms with Gasteiger partial charge in [-0.1, -0.05) is 39.3 Å². The molecule has 6 nitrogen and oxygen atoms in total. The number of para-hydroxylation sites is 1. The summed E-state index contributed by atoms with van der Waals surface area (Å²) in [5, 5.41) is 13.0. The van der Waals surface area contributed by atoms with E-state index in [0.717, 1.165) is 19.3 Å². The van der Waals surface area contributed by atoms with Crippen molar-refractivity contribution >= 4 is 28.4 Å². The maximum Gasteiger partial charge on any atom is 0.224 e. The zero-order chi connectivity index (χ0) is 24.2. The largest absolute Gasteiger partial charge is 0.350 e. The highest BCUT2D eigenvalue weighted by molar-refractivity contribution is 6.01. The monoisotopic (exact) mass is 453 g/mol. The van der Waals surface area contributed by atoms with E-state index in [1.807, 2.05) is 20.8 Å². The molecule has 1 saturated carbocycles. The van der Waals surface area contributed by atoms with E-state index >= 15 is 0 Å². The number of Topliss-reactive ketones (excluding diaryl/α,β-unsaturated/α-hetero) is 2. The summed E-state index contributed by atoms with van der Waals surface area (Å²) in [5.41, 5.74) is 0.293. The molecule has 176 valence electrons. The van der Waals surface area contributed by atoms with Crippen molar-refractivity contribution in [3.05, 3.63) is 35.8 Å². The molecule has 1 aliphatic carbocycles. The maximum absolute atomic E-state index is 14.0. The molecule has 0 unspecified atom stereocenters. The standard InChI is InChI=1S/C26H32FN3O3/c1-26(2,3)14-18(13-23(32)21-12-17-8-6-9-20(27)24(17)30-21)25(33)29-19(15-28)11-16-7-4-5-10-22(16)31/h6,8-9,12,16,18-19,30H,4-5,7,10-11,13-14H2,1-3H3,(H,29,33)/t16-,18-,19-/m0/s1. The van der Waals surface area contributed by atoms with Crippen LogP contribution in [0.5, 0.6) is 0 Å². The van der Waals surface area contributed by atoms with Crippen LogP contribution >= 0.6 is 0 Å². The molecular formula is C26H32FN3O3. The van der Waals surface area contributed by atoms with Crippen LogP contribution < -0.4 is 5.32 Å². The van der Waals surface area contributed by atoms with Gasteiger partial charge in [-0.25, -0.2) is 4.39 Å². The lowest BCUT2D eigenvalue weighted by molar-refractivity contribution is -0.128. The van der Waals surface area contributed by atoms with Crippen LogP contribution in [0.2, 0.25) is 0 Å². The minimum Gasteiger partial charge on any atom is -0.350 e. The molecule has 3 atom stereocenters. The number of halogens is 1. The van der Waals surface area contributed by atoms with E-state index in [0.29, 0.717) is 24.6 Å². The third-order valence-electron chi connectivity index (χ3n) is 6.24. The van der Waals surface area contributed by atoms with Crippen LogP contribution in [0.15, 0.2) is 24.3 Å². The molecule has 1 heterocycles. The number of ketones is 2. The Kier molecular flexibility index (Phi) is 7.68. The van der Waals surface area contributed by atoms with Crippen molar-refractivity contribution < 1.29 is 18.8 Å². The molecule has 3 rings (SSSR count). The lowest BCUT2D eigenvalue weighted by atomic mass is 9.81. The smallest absolute Gasteiger partial charge is 0.224 e. The number of carbonyl (C=O) groups is 3. The number of benzene rings is 1. The Hall–Kier alpha value is -3.01. The first-order valence-corrected chi connectivity index (χ1v) is 11.6. The van der Waals surface area contributed by atoms with Crippen molar-refractivity contribution in [3.8, 4) is 6.07 Å². The summed E-state index contributed by atoms with van der Waals surface area (Å²) in [6.45, 7) is 5.95. The Balaban J connectivity index is 1.72. The molecule has 0 saturated heterocycles. The third kappa shape index (κ3) is 6.50. The number of H-pyrrole nitrogens is 1. The van der Waals surface area contributed by atoms with Gasteiger partial charge in [-0.05, 0) is 43.2 Å². The average Bonchev–Trinajstić information content (AvgIpc) is 3.19. The average molecular weight is 454 g/mol. The van der Waals surface area contributed by atoms with E-state index in [4.69, 9.17) is 0 Å². The minimum atomic E-state index is -0.774. The molecule has 1 aromatic carbocycles. The molecule has 33 heavy (non-hydrogen) atoms. The van der Waals surface area contributed by atoms with Crippen LogP contribution in [0.25, 0.3) is 10.9 Å². The highest BCUT2D eigenvalue weighted by Crippen LogP contribution is 2.29. The molecule has 7 heteroatoms. The van der Waals surface area contributed by atoms with E-state index in [9.17, 15) is 24.0 Å². The summed E-state index contributed by atoms with van der Waals surface area (Å²) in [6, 6.07) is 7.55. The fourth-order valence-electron chi connectivity index (χ4n) is 4.62. The van der Waals surface area contributed by atoms with Crippen molar-refractivity contribution in [2.45, 2.75) is 71.8 Å². The molecule has 0 aliphatic heterocycles. The van der Waals surface area contributed by atoms with Gasteiger partial charge < -0.3 is 10.3 Å². The molecule has 1 aliphatic rings. The van der Waals surface area contributed by atoms with Gasteiger partial charge in [0.2, 0.25) is 5.91 Å². The first-order valence-electron chi connectivity index (χ1n) is 11.6. The van der Waals surface area contributed by atoms with Crippen LogP contribution in [0.4, 0.5) is 4.39 Å². The molecule has 1 amide bonds. The molecule has 0 radical (unpaired) electrons. The van der Waals surface area contributed by atoms with Crippen molar-refractivity contribution in [2.24, 2.45) is 17.3 Å². The number of nitriles is 1. The second-order valence-electron chi connectivity index (χ2n) is 10.3. The van der Waals surface area contributed by atoms with Crippen molar-refractivity contribution in [2.75, 3.05) is 0 Å². The molecule has 0 spiro atoms. The van der Waals surface area contributed by atoms with Crippen LogP contribution in [0.1, 0.15) is 76.2 Å². The van der Waals surface area contributed by atoms with E-state index in [-0.39, 0.29) is 46.4 Å². The number of nitrogens with one attached hydrogen (secondary N) is 2. The second kappa shape index (κ2) is 10.3. The normalized spacial score (nSPS) is 18.5. The topological polar surface area (TPSA) is 103 Å². The Labute approximate surface area is 193 Å². The van der Waals surface area contributed by atoms with Crippen LogP contribution in [0.3, 0.4) is 0 Å². The quantitative estimate of drug-likeness (QED) is 0.543. The van der Waals surface area contributed by atoms with E-state index in [1.165, 1.54) is 6.07 Å². The number of nitrogens with zero attached hydrogens (tertiary/aromatic N) is 1. The van der Waals surface area contributed by atoms with Gasteiger partial charge in [-0.2, -0.15) is 5.26 Å². The highest BCUT2D eigenvalue weighted by Gasteiger charge is 2.31. The number of hydrogen-bond donors (Lipinski definition) is 2. The molecular weight excluding hydrogens is 421 g/mol. The van der Waals surface area contributed by atoms with Crippen molar-refractivity contribution in [1.82, 2.24) is 10.3 Å². The van der Waals surface area contributed by atoms with Gasteiger partial charge in [-0.3, -0.25) is 14.4 Å². The molecule has 2 aromatic rings. The molecule has 2 N–H and O–H groups in total. The Bertz CT molecular complexity index is 1080. The van der Waals surface area contributed by atoms with Gasteiger partial charge in [0, 0.05) is 30.1 Å². The number of amides is 1. The van der Waals surface area contributed by atoms with Crippen molar-refractivity contribution in [3.63, 3.8) is 0 Å². The molecule has 1 aromatic heterocycles. The molecule has 0 bridgehead atoms. The summed E-state index contributed by atoms with van der Waals surface area (Å²) in [6.07, 6.45) is 3.80. The lowest BCUT2D eigenvalue weighted by Crippen LogP contribution is -2.42. The maximum atomic E-state index is 14.0. The second-order valence-corrected chi connectivity index (χ2v) is 10.3. The SMILES string of the molecule is CC(C)(C)C[C@H](CC(=O)c1cc2cccc(F)c2[nH]1)C(=O)N[C@H](C#N)C[C@@H]1CCCCC1=O. The zero-order valence-electron chi connectivity index (χ0n) is 19.5. The summed E-state index contributed by atoms with van der Waals surface area (Å²) in [5.74, 6) is -1.78. The summed E-state index contributed by atoms with van der Waals surface area (Å²) < 4.78 is 14.0.